The van der Waals surface area contributed by atoms with E-state index in [0.29, 0.717) is 53.5 Å². The van der Waals surface area contributed by atoms with Gasteiger partial charge in [-0.05, 0) is 79.8 Å². The van der Waals surface area contributed by atoms with Crippen LogP contribution in [0.25, 0.3) is 11.0 Å². The molecule has 0 radical (unpaired) electrons. The summed E-state index contributed by atoms with van der Waals surface area (Å²) in [5.74, 6) is -0.282. The molecule has 4 N–H and O–H groups in total. The normalized spacial score (nSPS) is 13.1. The number of aromatic nitrogens is 2. The number of aryl methyl sites for hydroxylation is 1. The fourth-order valence-corrected chi connectivity index (χ4v) is 6.44. The molecule has 0 unspecified atom stereocenters. The minimum atomic E-state index is -0.548. The third-order valence-corrected chi connectivity index (χ3v) is 8.50. The minimum Gasteiger partial charge on any atom is -0.365 e. The van der Waals surface area contributed by atoms with Crippen molar-refractivity contribution in [3.8, 4) is 0 Å². The Kier molecular flexibility index (Phi) is 9.23. The van der Waals surface area contributed by atoms with E-state index in [9.17, 15) is 14.4 Å². The van der Waals surface area contributed by atoms with Gasteiger partial charge in [-0.3, -0.25) is 29.8 Å². The number of nitrogens with zero attached hydrogens (tertiary/aromatic N) is 3. The van der Waals surface area contributed by atoms with Crippen LogP contribution in [0, 0.1) is 0 Å². The highest BCUT2D eigenvalue weighted by Crippen LogP contribution is 2.37. The van der Waals surface area contributed by atoms with E-state index in [1.807, 2.05) is 18.2 Å². The van der Waals surface area contributed by atoms with Crippen molar-refractivity contribution in [3.05, 3.63) is 81.4 Å². The number of fused-ring (bicyclic) bond motifs is 2. The molecule has 2 aromatic heterocycles. The van der Waals surface area contributed by atoms with Crippen molar-refractivity contribution in [3.63, 3.8) is 0 Å². The summed E-state index contributed by atoms with van der Waals surface area (Å²) in [6, 6.07) is 12.3. The maximum absolute atomic E-state index is 12.6. The average Bonchev–Trinajstić information content (AvgIpc) is 3.32. The molecule has 9 nitrogen and oxygen atoms in total. The molecule has 11 heteroatoms. The lowest BCUT2D eigenvalue weighted by Gasteiger charge is -2.26. The molecule has 5 rings (SSSR count). The first-order chi connectivity index (χ1) is 19.9. The molecule has 0 spiro atoms. The van der Waals surface area contributed by atoms with Crippen LogP contribution in [0.5, 0.6) is 0 Å². The van der Waals surface area contributed by atoms with Gasteiger partial charge in [0, 0.05) is 53.9 Å². The van der Waals surface area contributed by atoms with Crippen LogP contribution >= 0.6 is 22.9 Å². The van der Waals surface area contributed by atoms with Crippen molar-refractivity contribution in [2.45, 2.75) is 45.1 Å². The highest BCUT2D eigenvalue weighted by atomic mass is 35.5. The zero-order chi connectivity index (χ0) is 28.8. The molecule has 0 saturated heterocycles. The van der Waals surface area contributed by atoms with E-state index in [0.717, 1.165) is 53.0 Å². The lowest BCUT2D eigenvalue weighted by molar-refractivity contribution is -0.119. The van der Waals surface area contributed by atoms with Crippen molar-refractivity contribution in [1.29, 1.82) is 0 Å². The fourth-order valence-electron chi connectivity index (χ4n) is 5.03. The van der Waals surface area contributed by atoms with Gasteiger partial charge in [0.2, 0.25) is 0 Å². The smallest absolute Gasteiger partial charge is 0.324 e. The summed E-state index contributed by atoms with van der Waals surface area (Å²) in [5.41, 5.74) is 10.4. The van der Waals surface area contributed by atoms with Gasteiger partial charge in [0.15, 0.2) is 0 Å². The molecule has 212 valence electrons. The first-order valence-electron chi connectivity index (χ1n) is 13.6. The van der Waals surface area contributed by atoms with E-state index < -0.39 is 11.9 Å². The van der Waals surface area contributed by atoms with Crippen molar-refractivity contribution in [2.24, 2.45) is 5.73 Å². The van der Waals surface area contributed by atoms with Gasteiger partial charge in [-0.25, -0.2) is 4.79 Å². The number of amides is 3. The van der Waals surface area contributed by atoms with Crippen molar-refractivity contribution in [1.82, 2.24) is 14.9 Å². The molecule has 3 heterocycles. The first kappa shape index (κ1) is 28.7. The lowest BCUT2D eigenvalue weighted by atomic mass is 10.0. The summed E-state index contributed by atoms with van der Waals surface area (Å²) in [6.07, 6.45) is 7.56. The summed E-state index contributed by atoms with van der Waals surface area (Å²) in [5, 5.41) is 6.57. The largest absolute Gasteiger partial charge is 0.365 e. The molecular formula is C30H31ClN6O3S. The molecule has 0 atom stereocenters. The van der Waals surface area contributed by atoms with Crippen LogP contribution in [0.4, 0.5) is 15.5 Å². The number of halogens is 1. The SMILES string of the molecule is NC(=O)c1c(NC(=O)Nc2ccc(Cl)cc2)sc2c1CCN(CCCCC(=O)CCc1ccc3nccnc3c1)C2. The van der Waals surface area contributed by atoms with Gasteiger partial charge in [0.05, 0.1) is 16.6 Å². The number of nitrogens with two attached hydrogens (primary N) is 1. The van der Waals surface area contributed by atoms with E-state index in [1.54, 1.807) is 36.7 Å². The van der Waals surface area contributed by atoms with Crippen LogP contribution < -0.4 is 16.4 Å². The second-order valence-corrected chi connectivity index (χ2v) is 11.6. The van der Waals surface area contributed by atoms with Crippen LogP contribution in [0.3, 0.4) is 0 Å². The number of nitrogens with one attached hydrogen (secondary N) is 2. The Morgan fingerprint density at radius 1 is 0.976 bits per heavy atom. The third-order valence-electron chi connectivity index (χ3n) is 7.12. The molecule has 2 aromatic carbocycles. The van der Waals surface area contributed by atoms with Gasteiger partial charge in [-0.1, -0.05) is 17.7 Å². The Hall–Kier alpha value is -3.86. The second kappa shape index (κ2) is 13.2. The number of unbranched alkanes of at least 4 members (excludes halogenated alkanes) is 1. The minimum absolute atomic E-state index is 0.266. The Morgan fingerprint density at radius 2 is 1.76 bits per heavy atom. The third kappa shape index (κ3) is 7.46. The number of Topliss-reactive ketones (excluding diaryl/α,β-unsaturated/α-hetero) is 1. The number of primary amides is 1. The summed E-state index contributed by atoms with van der Waals surface area (Å²) in [6.45, 7) is 2.33. The predicted octanol–water partition coefficient (Wildman–Crippen LogP) is 5.82. The van der Waals surface area contributed by atoms with E-state index >= 15 is 0 Å². The number of rotatable bonds is 11. The maximum Gasteiger partial charge on any atom is 0.324 e. The molecular weight excluding hydrogens is 560 g/mol. The zero-order valence-electron chi connectivity index (χ0n) is 22.5. The van der Waals surface area contributed by atoms with Crippen molar-refractivity contribution >= 4 is 62.4 Å². The van der Waals surface area contributed by atoms with Gasteiger partial charge in [-0.15, -0.1) is 11.3 Å². The maximum atomic E-state index is 12.6. The molecule has 0 fully saturated rings. The van der Waals surface area contributed by atoms with Gasteiger partial charge < -0.3 is 11.1 Å². The number of anilines is 2. The highest BCUT2D eigenvalue weighted by molar-refractivity contribution is 7.17. The summed E-state index contributed by atoms with van der Waals surface area (Å²) in [4.78, 5) is 49.3. The van der Waals surface area contributed by atoms with Crippen molar-refractivity contribution in [2.75, 3.05) is 23.7 Å². The van der Waals surface area contributed by atoms with E-state index in [-0.39, 0.29) is 5.78 Å². The molecule has 1 aliphatic heterocycles. The molecule has 3 amide bonds. The fraction of sp³-hybridized carbons (Fsp3) is 0.300. The number of hydrogen-bond acceptors (Lipinski definition) is 7. The molecule has 0 saturated carbocycles. The summed E-state index contributed by atoms with van der Waals surface area (Å²) >= 11 is 7.29. The number of carbonyl (C=O) groups excluding carboxylic acids is 3. The first-order valence-corrected chi connectivity index (χ1v) is 14.8. The van der Waals surface area contributed by atoms with E-state index in [4.69, 9.17) is 17.3 Å². The Morgan fingerprint density at radius 3 is 2.54 bits per heavy atom. The van der Waals surface area contributed by atoms with Gasteiger partial charge in [-0.2, -0.15) is 0 Å². The Bertz CT molecular complexity index is 1570. The molecule has 1 aliphatic rings. The standard InChI is InChI=1S/C30H31ClN6O3S/c31-20-6-8-21(9-7-20)35-30(40)36-29-27(28(32)39)23-12-16-37(18-26(23)41-29)15-2-1-3-22(38)10-4-19-5-11-24-25(17-19)34-14-13-33-24/h5-9,11,13-14,17H,1-4,10,12,15-16,18H2,(H2,32,39)(H2,35,36,40). The van der Waals surface area contributed by atoms with E-state index in [1.165, 1.54) is 11.3 Å². The highest BCUT2D eigenvalue weighted by Gasteiger charge is 2.27. The number of thiophene rings is 1. The summed E-state index contributed by atoms with van der Waals surface area (Å²) in [7, 11) is 0. The molecule has 0 aliphatic carbocycles. The average molecular weight is 591 g/mol. The van der Waals surface area contributed by atoms with Crippen LogP contribution in [0.15, 0.2) is 54.9 Å². The lowest BCUT2D eigenvalue weighted by Crippen LogP contribution is -2.31. The number of ketones is 1. The number of urea groups is 1. The summed E-state index contributed by atoms with van der Waals surface area (Å²) < 4.78 is 0. The monoisotopic (exact) mass is 590 g/mol. The van der Waals surface area contributed by atoms with E-state index in [2.05, 4.69) is 25.5 Å². The van der Waals surface area contributed by atoms with Crippen LogP contribution in [0.2, 0.25) is 5.02 Å². The Balaban J connectivity index is 1.08. The van der Waals surface area contributed by atoms with Gasteiger partial charge >= 0.3 is 6.03 Å². The quantitative estimate of drug-likeness (QED) is 0.189. The second-order valence-electron chi connectivity index (χ2n) is 10.1. The molecule has 41 heavy (non-hydrogen) atoms. The van der Waals surface area contributed by atoms with Gasteiger partial charge in [0.1, 0.15) is 10.8 Å². The van der Waals surface area contributed by atoms with Crippen LogP contribution in [0.1, 0.15) is 52.0 Å². The van der Waals surface area contributed by atoms with Crippen molar-refractivity contribution < 1.29 is 14.4 Å². The predicted molar refractivity (Wildman–Crippen MR) is 163 cm³/mol. The molecule has 4 aromatic rings. The van der Waals surface area contributed by atoms with Crippen LogP contribution in [-0.2, 0) is 24.2 Å². The Labute approximate surface area is 247 Å². The topological polar surface area (TPSA) is 130 Å². The number of hydrogen-bond donors (Lipinski definition) is 3. The molecule has 0 bridgehead atoms. The number of carbonyl (C=O) groups is 3. The van der Waals surface area contributed by atoms with Crippen LogP contribution in [-0.4, -0.2) is 45.7 Å². The number of benzene rings is 2. The van der Waals surface area contributed by atoms with Gasteiger partial charge in [0.25, 0.3) is 5.91 Å². The zero-order valence-corrected chi connectivity index (χ0v) is 24.1.